The molecule has 0 aromatic rings. The zero-order valence-corrected chi connectivity index (χ0v) is 11.3. The van der Waals surface area contributed by atoms with Crippen molar-refractivity contribution in [3.8, 4) is 0 Å². The number of nitrogens with one attached hydrogen (secondary N) is 1. The molecule has 1 rings (SSSR count). The second-order valence-electron chi connectivity index (χ2n) is 5.02. The van der Waals surface area contributed by atoms with Crippen LogP contribution in [-0.4, -0.2) is 50.3 Å². The molecule has 0 saturated heterocycles. The average Bonchev–Trinajstić information content (AvgIpc) is 3.10. The highest BCUT2D eigenvalue weighted by Gasteiger charge is 2.23. The molecule has 96 valence electrons. The van der Waals surface area contributed by atoms with E-state index < -0.39 is 0 Å². The summed E-state index contributed by atoms with van der Waals surface area (Å²) in [4.78, 5) is 2.50. The molecule has 1 N–H and O–H groups in total. The zero-order valence-electron chi connectivity index (χ0n) is 11.3. The highest BCUT2D eigenvalue weighted by atomic mass is 16.5. The molecule has 0 aliphatic heterocycles. The molecule has 0 bridgehead atoms. The van der Waals surface area contributed by atoms with Crippen molar-refractivity contribution in [1.29, 1.82) is 0 Å². The van der Waals surface area contributed by atoms with E-state index in [-0.39, 0.29) is 0 Å². The van der Waals surface area contributed by atoms with Gasteiger partial charge in [-0.25, -0.2) is 0 Å². The third kappa shape index (κ3) is 4.81. The molecule has 16 heavy (non-hydrogen) atoms. The molecular weight excluding hydrogens is 200 g/mol. The van der Waals surface area contributed by atoms with E-state index in [9.17, 15) is 0 Å². The molecular formula is C13H28N2O. The standard InChI is InChI=1S/C13H28N2O/c1-5-15(8-9-16-4)12(3)11(2)10-14-13-6-7-13/h11-14H,5-10H2,1-4H3. The molecule has 1 aliphatic rings. The van der Waals surface area contributed by atoms with Crippen LogP contribution >= 0.6 is 0 Å². The molecule has 0 radical (unpaired) electrons. The Morgan fingerprint density at radius 2 is 2.06 bits per heavy atom. The second kappa shape index (κ2) is 7.25. The number of likely N-dealkylation sites (N-methyl/N-ethyl adjacent to an activating group) is 1. The summed E-state index contributed by atoms with van der Waals surface area (Å²) in [5.41, 5.74) is 0. The van der Waals surface area contributed by atoms with E-state index >= 15 is 0 Å². The van der Waals surface area contributed by atoms with Gasteiger partial charge in [-0.1, -0.05) is 13.8 Å². The van der Waals surface area contributed by atoms with Crippen molar-refractivity contribution in [3.63, 3.8) is 0 Å². The fourth-order valence-electron chi connectivity index (χ4n) is 2.03. The molecule has 1 aliphatic carbocycles. The first-order valence-electron chi connectivity index (χ1n) is 6.65. The van der Waals surface area contributed by atoms with Crippen LogP contribution in [0, 0.1) is 5.92 Å². The lowest BCUT2D eigenvalue weighted by Gasteiger charge is -2.32. The van der Waals surface area contributed by atoms with Gasteiger partial charge in [-0.2, -0.15) is 0 Å². The smallest absolute Gasteiger partial charge is 0.0589 e. The van der Waals surface area contributed by atoms with E-state index in [1.807, 2.05) is 0 Å². The zero-order chi connectivity index (χ0) is 12.0. The number of ether oxygens (including phenoxy) is 1. The summed E-state index contributed by atoms with van der Waals surface area (Å²) in [6.07, 6.45) is 2.75. The molecule has 0 heterocycles. The predicted molar refractivity (Wildman–Crippen MR) is 68.8 cm³/mol. The van der Waals surface area contributed by atoms with Crippen LogP contribution in [0.25, 0.3) is 0 Å². The molecule has 3 heteroatoms. The van der Waals surface area contributed by atoms with Crippen molar-refractivity contribution in [2.24, 2.45) is 5.92 Å². The Kier molecular flexibility index (Phi) is 6.32. The minimum atomic E-state index is 0.631. The molecule has 0 spiro atoms. The van der Waals surface area contributed by atoms with Gasteiger partial charge in [-0.15, -0.1) is 0 Å². The summed E-state index contributed by atoms with van der Waals surface area (Å²) in [5.74, 6) is 0.706. The SMILES string of the molecule is CCN(CCOC)C(C)C(C)CNC1CC1. The lowest BCUT2D eigenvalue weighted by atomic mass is 10.0. The van der Waals surface area contributed by atoms with E-state index in [0.717, 1.165) is 32.3 Å². The summed E-state index contributed by atoms with van der Waals surface area (Å²) in [6, 6.07) is 1.45. The number of hydrogen-bond acceptors (Lipinski definition) is 3. The molecule has 1 saturated carbocycles. The van der Waals surface area contributed by atoms with E-state index in [2.05, 4.69) is 31.0 Å². The maximum atomic E-state index is 5.15. The van der Waals surface area contributed by atoms with Crippen molar-refractivity contribution < 1.29 is 4.74 Å². The quantitative estimate of drug-likeness (QED) is 0.650. The van der Waals surface area contributed by atoms with Gasteiger partial charge in [0.25, 0.3) is 0 Å². The fourth-order valence-corrected chi connectivity index (χ4v) is 2.03. The van der Waals surface area contributed by atoms with E-state index in [1.54, 1.807) is 7.11 Å². The van der Waals surface area contributed by atoms with E-state index in [1.165, 1.54) is 12.8 Å². The summed E-state index contributed by atoms with van der Waals surface area (Å²) in [5, 5.41) is 3.61. The highest BCUT2D eigenvalue weighted by Crippen LogP contribution is 2.19. The Hall–Kier alpha value is -0.120. The summed E-state index contributed by atoms with van der Waals surface area (Å²) in [7, 11) is 1.77. The Morgan fingerprint density at radius 3 is 2.56 bits per heavy atom. The second-order valence-corrected chi connectivity index (χ2v) is 5.02. The Labute approximate surface area is 101 Å². The van der Waals surface area contributed by atoms with Gasteiger partial charge < -0.3 is 10.1 Å². The largest absolute Gasteiger partial charge is 0.383 e. The van der Waals surface area contributed by atoms with Gasteiger partial charge in [0, 0.05) is 25.7 Å². The first-order valence-corrected chi connectivity index (χ1v) is 6.65. The Bertz CT molecular complexity index is 183. The van der Waals surface area contributed by atoms with Gasteiger partial charge >= 0.3 is 0 Å². The normalized spacial score (nSPS) is 20.1. The van der Waals surface area contributed by atoms with Crippen molar-refractivity contribution in [1.82, 2.24) is 10.2 Å². The van der Waals surface area contributed by atoms with Crippen LogP contribution in [0.4, 0.5) is 0 Å². The van der Waals surface area contributed by atoms with Crippen LogP contribution in [0.1, 0.15) is 33.6 Å². The molecule has 0 aromatic carbocycles. The van der Waals surface area contributed by atoms with Gasteiger partial charge in [0.2, 0.25) is 0 Å². The number of hydrogen-bond donors (Lipinski definition) is 1. The summed E-state index contributed by atoms with van der Waals surface area (Å²) in [6.45, 7) is 11.0. The van der Waals surface area contributed by atoms with E-state index in [4.69, 9.17) is 4.74 Å². The Morgan fingerprint density at radius 1 is 1.38 bits per heavy atom. The van der Waals surface area contributed by atoms with Crippen molar-refractivity contribution >= 4 is 0 Å². The lowest BCUT2D eigenvalue weighted by Crippen LogP contribution is -2.42. The summed E-state index contributed by atoms with van der Waals surface area (Å²) >= 11 is 0. The van der Waals surface area contributed by atoms with E-state index in [0.29, 0.717) is 12.0 Å². The van der Waals surface area contributed by atoms with Crippen molar-refractivity contribution in [2.45, 2.75) is 45.7 Å². The summed E-state index contributed by atoms with van der Waals surface area (Å²) < 4.78 is 5.15. The topological polar surface area (TPSA) is 24.5 Å². The van der Waals surface area contributed by atoms with Crippen LogP contribution in [0.2, 0.25) is 0 Å². The lowest BCUT2D eigenvalue weighted by molar-refractivity contribution is 0.108. The molecule has 2 atom stereocenters. The molecule has 1 fully saturated rings. The minimum Gasteiger partial charge on any atom is -0.383 e. The molecule has 0 amide bonds. The van der Waals surface area contributed by atoms with Gasteiger partial charge in [0.1, 0.15) is 0 Å². The number of methoxy groups -OCH3 is 1. The molecule has 3 nitrogen and oxygen atoms in total. The van der Waals surface area contributed by atoms with Crippen LogP contribution in [0.15, 0.2) is 0 Å². The van der Waals surface area contributed by atoms with Crippen molar-refractivity contribution in [2.75, 3.05) is 33.4 Å². The third-order valence-electron chi connectivity index (χ3n) is 3.69. The third-order valence-corrected chi connectivity index (χ3v) is 3.69. The van der Waals surface area contributed by atoms with Gasteiger partial charge in [0.15, 0.2) is 0 Å². The average molecular weight is 228 g/mol. The van der Waals surface area contributed by atoms with Crippen LogP contribution in [0.5, 0.6) is 0 Å². The van der Waals surface area contributed by atoms with Gasteiger partial charge in [0.05, 0.1) is 6.61 Å². The highest BCUT2D eigenvalue weighted by molar-refractivity contribution is 4.83. The maximum Gasteiger partial charge on any atom is 0.0589 e. The minimum absolute atomic E-state index is 0.631. The monoisotopic (exact) mass is 228 g/mol. The fraction of sp³-hybridized carbons (Fsp3) is 1.00. The van der Waals surface area contributed by atoms with Gasteiger partial charge in [-0.05, 0) is 38.8 Å². The number of nitrogens with zero attached hydrogens (tertiary/aromatic N) is 1. The molecule has 2 unspecified atom stereocenters. The van der Waals surface area contributed by atoms with Crippen molar-refractivity contribution in [3.05, 3.63) is 0 Å². The number of rotatable bonds is 9. The van der Waals surface area contributed by atoms with Gasteiger partial charge in [-0.3, -0.25) is 4.90 Å². The first kappa shape index (κ1) is 13.9. The van der Waals surface area contributed by atoms with Crippen LogP contribution in [-0.2, 0) is 4.74 Å². The Balaban J connectivity index is 2.23. The maximum absolute atomic E-state index is 5.15. The van der Waals surface area contributed by atoms with Crippen LogP contribution < -0.4 is 5.32 Å². The first-order chi connectivity index (χ1) is 7.69. The van der Waals surface area contributed by atoms with Crippen LogP contribution in [0.3, 0.4) is 0 Å². The predicted octanol–water partition coefficient (Wildman–Crippen LogP) is 1.73. The molecule has 0 aromatic heterocycles.